The summed E-state index contributed by atoms with van der Waals surface area (Å²) in [4.78, 5) is 12.3. The number of ketones is 1. The third-order valence-corrected chi connectivity index (χ3v) is 3.93. The van der Waals surface area contributed by atoms with E-state index in [9.17, 15) is 4.79 Å². The Labute approximate surface area is 132 Å². The second-order valence-corrected chi connectivity index (χ2v) is 5.94. The first-order valence-electron chi connectivity index (χ1n) is 7.73. The molecule has 1 aromatic carbocycles. The van der Waals surface area contributed by atoms with Gasteiger partial charge in [0.25, 0.3) is 0 Å². The molecule has 3 nitrogen and oxygen atoms in total. The van der Waals surface area contributed by atoms with Crippen LogP contribution in [0, 0.1) is 0 Å². The maximum Gasteiger partial charge on any atom is 0.176 e. The van der Waals surface area contributed by atoms with E-state index in [-0.39, 0.29) is 5.78 Å². The minimum Gasteiger partial charge on any atom is -0.493 e. The molecule has 0 aromatic heterocycles. The van der Waals surface area contributed by atoms with E-state index >= 15 is 0 Å². The molecule has 0 saturated carbocycles. The lowest BCUT2D eigenvalue weighted by molar-refractivity contribution is 0.101. The summed E-state index contributed by atoms with van der Waals surface area (Å²) in [5.41, 5.74) is 0.663. The van der Waals surface area contributed by atoms with E-state index in [1.807, 2.05) is 18.2 Å². The molecule has 0 spiro atoms. The fraction of sp³-hybridized carbons (Fsp3) is 0.588. The molecule has 0 aliphatic rings. The van der Waals surface area contributed by atoms with Gasteiger partial charge in [-0.2, -0.15) is 11.8 Å². The summed E-state index contributed by atoms with van der Waals surface area (Å²) >= 11 is 1.67. The van der Waals surface area contributed by atoms with Gasteiger partial charge in [-0.05, 0) is 37.1 Å². The van der Waals surface area contributed by atoms with Gasteiger partial charge in [0.05, 0.1) is 24.5 Å². The van der Waals surface area contributed by atoms with Gasteiger partial charge < -0.3 is 9.47 Å². The number of carbonyl (C=O) groups excluding carboxylic acids is 1. The van der Waals surface area contributed by atoms with Gasteiger partial charge in [-0.1, -0.05) is 20.8 Å². The maximum atomic E-state index is 12.3. The Morgan fingerprint density at radius 2 is 1.76 bits per heavy atom. The van der Waals surface area contributed by atoms with E-state index < -0.39 is 0 Å². The summed E-state index contributed by atoms with van der Waals surface area (Å²) in [6, 6.07) is 5.51. The average Bonchev–Trinajstić information content (AvgIpc) is 2.51. The van der Waals surface area contributed by atoms with Gasteiger partial charge in [-0.15, -0.1) is 0 Å². The number of hydrogen-bond donors (Lipinski definition) is 0. The Hall–Kier alpha value is -1.16. The zero-order chi connectivity index (χ0) is 15.5. The molecule has 0 unspecified atom stereocenters. The van der Waals surface area contributed by atoms with Crippen molar-refractivity contribution in [2.75, 3.05) is 24.7 Å². The molecule has 1 rings (SSSR count). The summed E-state index contributed by atoms with van der Waals surface area (Å²) in [5.74, 6) is 3.05. The first-order valence-corrected chi connectivity index (χ1v) is 8.88. The van der Waals surface area contributed by atoms with Crippen molar-refractivity contribution in [2.45, 2.75) is 40.0 Å². The van der Waals surface area contributed by atoms with Crippen LogP contribution in [-0.4, -0.2) is 30.5 Å². The molecule has 0 amide bonds. The van der Waals surface area contributed by atoms with Crippen molar-refractivity contribution in [3.05, 3.63) is 23.8 Å². The van der Waals surface area contributed by atoms with Crippen molar-refractivity contribution in [3.63, 3.8) is 0 Å². The zero-order valence-electron chi connectivity index (χ0n) is 13.3. The summed E-state index contributed by atoms with van der Waals surface area (Å²) in [7, 11) is 0. The molecule has 0 N–H and O–H groups in total. The highest BCUT2D eigenvalue weighted by Crippen LogP contribution is 2.27. The quantitative estimate of drug-likeness (QED) is 0.442. The first kappa shape index (κ1) is 17.9. The maximum absolute atomic E-state index is 12.3. The standard InChI is InChI=1S/C17H26O3S/c1-4-9-19-14-7-8-15(16(18)13-21-11-6-3)17(12-14)20-10-5-2/h7-8,12H,4-6,9-11,13H2,1-3H3. The summed E-state index contributed by atoms with van der Waals surface area (Å²) < 4.78 is 11.3. The molecule has 0 heterocycles. The SMILES string of the molecule is CCCOc1ccc(C(=O)CSCCC)c(OCCC)c1. The van der Waals surface area contributed by atoms with Crippen LogP contribution < -0.4 is 9.47 Å². The Morgan fingerprint density at radius 3 is 2.43 bits per heavy atom. The lowest BCUT2D eigenvalue weighted by Gasteiger charge is -2.13. The lowest BCUT2D eigenvalue weighted by atomic mass is 10.1. The molecule has 0 aliphatic carbocycles. The molecule has 0 radical (unpaired) electrons. The largest absolute Gasteiger partial charge is 0.493 e. The van der Waals surface area contributed by atoms with Crippen LogP contribution in [0.1, 0.15) is 50.4 Å². The molecular weight excluding hydrogens is 284 g/mol. The number of thioether (sulfide) groups is 1. The fourth-order valence-electron chi connectivity index (χ4n) is 1.76. The highest BCUT2D eigenvalue weighted by atomic mass is 32.2. The summed E-state index contributed by atoms with van der Waals surface area (Å²) in [6.07, 6.45) is 2.96. The number of ether oxygens (including phenoxy) is 2. The minimum absolute atomic E-state index is 0.126. The van der Waals surface area contributed by atoms with Crippen molar-refractivity contribution < 1.29 is 14.3 Å². The second-order valence-electron chi connectivity index (χ2n) is 4.83. The monoisotopic (exact) mass is 310 g/mol. The molecule has 118 valence electrons. The van der Waals surface area contributed by atoms with E-state index in [4.69, 9.17) is 9.47 Å². The van der Waals surface area contributed by atoms with Gasteiger partial charge >= 0.3 is 0 Å². The number of rotatable bonds is 11. The van der Waals surface area contributed by atoms with E-state index in [0.29, 0.717) is 30.3 Å². The van der Waals surface area contributed by atoms with Gasteiger partial charge in [0.1, 0.15) is 11.5 Å². The van der Waals surface area contributed by atoms with E-state index in [2.05, 4.69) is 20.8 Å². The van der Waals surface area contributed by atoms with E-state index in [1.165, 1.54) is 0 Å². The Morgan fingerprint density at radius 1 is 1.05 bits per heavy atom. The van der Waals surface area contributed by atoms with Crippen LogP contribution in [0.2, 0.25) is 0 Å². The Bertz CT molecular complexity index is 432. The van der Waals surface area contributed by atoms with Gasteiger partial charge in [0, 0.05) is 6.07 Å². The van der Waals surface area contributed by atoms with Crippen LogP contribution in [0.4, 0.5) is 0 Å². The third-order valence-electron chi connectivity index (χ3n) is 2.77. The molecule has 1 aromatic rings. The van der Waals surface area contributed by atoms with Gasteiger partial charge in [0.2, 0.25) is 0 Å². The molecule has 0 saturated heterocycles. The molecule has 0 aliphatic heterocycles. The van der Waals surface area contributed by atoms with Crippen LogP contribution in [0.5, 0.6) is 11.5 Å². The summed E-state index contributed by atoms with van der Waals surface area (Å²) in [5, 5.41) is 0. The fourth-order valence-corrected chi connectivity index (χ4v) is 2.54. The van der Waals surface area contributed by atoms with Crippen LogP contribution in [-0.2, 0) is 0 Å². The van der Waals surface area contributed by atoms with E-state index in [1.54, 1.807) is 11.8 Å². The van der Waals surface area contributed by atoms with Crippen molar-refractivity contribution in [1.82, 2.24) is 0 Å². The Kier molecular flexibility index (Phi) is 8.99. The van der Waals surface area contributed by atoms with Gasteiger partial charge in [-0.3, -0.25) is 4.79 Å². The molecule has 0 fully saturated rings. The van der Waals surface area contributed by atoms with Crippen LogP contribution in [0.3, 0.4) is 0 Å². The predicted molar refractivity (Wildman–Crippen MR) is 90.0 cm³/mol. The molecule has 0 bridgehead atoms. The molecule has 4 heteroatoms. The topological polar surface area (TPSA) is 35.5 Å². The number of carbonyl (C=O) groups is 1. The predicted octanol–water partition coefficient (Wildman–Crippen LogP) is 4.59. The van der Waals surface area contributed by atoms with Crippen LogP contribution >= 0.6 is 11.8 Å². The normalized spacial score (nSPS) is 10.4. The number of Topliss-reactive ketones (excluding diaryl/α,β-unsaturated/α-hetero) is 1. The zero-order valence-corrected chi connectivity index (χ0v) is 14.1. The van der Waals surface area contributed by atoms with Crippen LogP contribution in [0.25, 0.3) is 0 Å². The molecule has 0 atom stereocenters. The number of hydrogen-bond acceptors (Lipinski definition) is 4. The second kappa shape index (κ2) is 10.6. The van der Waals surface area contributed by atoms with Crippen molar-refractivity contribution in [2.24, 2.45) is 0 Å². The lowest BCUT2D eigenvalue weighted by Crippen LogP contribution is -2.08. The average molecular weight is 310 g/mol. The van der Waals surface area contributed by atoms with Crippen molar-refractivity contribution in [1.29, 1.82) is 0 Å². The minimum atomic E-state index is 0.126. The van der Waals surface area contributed by atoms with Gasteiger partial charge in [-0.25, -0.2) is 0 Å². The smallest absolute Gasteiger partial charge is 0.176 e. The summed E-state index contributed by atoms with van der Waals surface area (Å²) in [6.45, 7) is 7.52. The highest BCUT2D eigenvalue weighted by Gasteiger charge is 2.14. The number of benzene rings is 1. The molecular formula is C17H26O3S. The van der Waals surface area contributed by atoms with Gasteiger partial charge in [0.15, 0.2) is 5.78 Å². The molecule has 21 heavy (non-hydrogen) atoms. The van der Waals surface area contributed by atoms with Crippen molar-refractivity contribution in [3.8, 4) is 11.5 Å². The Balaban J connectivity index is 2.81. The van der Waals surface area contributed by atoms with Crippen molar-refractivity contribution >= 4 is 17.5 Å². The highest BCUT2D eigenvalue weighted by molar-refractivity contribution is 7.99. The third kappa shape index (κ3) is 6.42. The van der Waals surface area contributed by atoms with E-state index in [0.717, 1.165) is 30.8 Å². The van der Waals surface area contributed by atoms with Crippen LogP contribution in [0.15, 0.2) is 18.2 Å². The first-order chi connectivity index (χ1) is 10.2.